The molecule has 1 aromatic heterocycles. The summed E-state index contributed by atoms with van der Waals surface area (Å²) in [5.74, 6) is -0.253. The minimum absolute atomic E-state index is 0.0544. The quantitative estimate of drug-likeness (QED) is 0.857. The zero-order valence-electron chi connectivity index (χ0n) is 12.7. The lowest BCUT2D eigenvalue weighted by Crippen LogP contribution is -2.35. The van der Waals surface area contributed by atoms with Gasteiger partial charge in [0.25, 0.3) is 5.91 Å². The average molecular weight is 300 g/mol. The third-order valence-electron chi connectivity index (χ3n) is 3.13. The monoisotopic (exact) mass is 300 g/mol. The van der Waals surface area contributed by atoms with E-state index >= 15 is 0 Å². The standard InChI is InChI=1S/C16H20N4O2/c1-3-15(21)19-14-7-4-6-13(10-14)16(22)18-12(2)11-20-9-5-8-17-20/h4-10,12H,3,11H2,1-2H3,(H,18,22)(H,19,21). The second-order valence-electron chi connectivity index (χ2n) is 5.09. The van der Waals surface area contributed by atoms with E-state index in [2.05, 4.69) is 15.7 Å². The summed E-state index contributed by atoms with van der Waals surface area (Å²) in [6.07, 6.45) is 3.95. The van der Waals surface area contributed by atoms with Crippen LogP contribution < -0.4 is 10.6 Å². The third kappa shape index (κ3) is 4.44. The van der Waals surface area contributed by atoms with Crippen molar-refractivity contribution < 1.29 is 9.59 Å². The number of nitrogens with one attached hydrogen (secondary N) is 2. The predicted octanol–water partition coefficient (Wildman–Crippen LogP) is 2.05. The molecule has 1 unspecified atom stereocenters. The molecule has 0 saturated carbocycles. The van der Waals surface area contributed by atoms with Crippen molar-refractivity contribution >= 4 is 17.5 Å². The first-order chi connectivity index (χ1) is 10.6. The van der Waals surface area contributed by atoms with E-state index in [4.69, 9.17) is 0 Å². The van der Waals surface area contributed by atoms with Crippen molar-refractivity contribution in [3.8, 4) is 0 Å². The number of benzene rings is 1. The number of anilines is 1. The highest BCUT2D eigenvalue weighted by molar-refractivity contribution is 5.97. The molecule has 2 amide bonds. The summed E-state index contributed by atoms with van der Waals surface area (Å²) < 4.78 is 1.77. The van der Waals surface area contributed by atoms with Crippen LogP contribution in [-0.2, 0) is 11.3 Å². The molecule has 0 aliphatic carbocycles. The van der Waals surface area contributed by atoms with E-state index in [-0.39, 0.29) is 17.9 Å². The van der Waals surface area contributed by atoms with Gasteiger partial charge in [-0.25, -0.2) is 0 Å². The zero-order chi connectivity index (χ0) is 15.9. The molecule has 0 radical (unpaired) electrons. The fraction of sp³-hybridized carbons (Fsp3) is 0.312. The van der Waals surface area contributed by atoms with E-state index < -0.39 is 0 Å². The second kappa shape index (κ2) is 7.40. The Bertz CT molecular complexity index is 637. The number of carbonyl (C=O) groups is 2. The van der Waals surface area contributed by atoms with Gasteiger partial charge in [0.1, 0.15) is 0 Å². The van der Waals surface area contributed by atoms with Gasteiger partial charge in [0.15, 0.2) is 0 Å². The smallest absolute Gasteiger partial charge is 0.251 e. The Hall–Kier alpha value is -2.63. The Morgan fingerprint density at radius 2 is 2.14 bits per heavy atom. The number of hydrogen-bond acceptors (Lipinski definition) is 3. The predicted molar refractivity (Wildman–Crippen MR) is 84.5 cm³/mol. The topological polar surface area (TPSA) is 76.0 Å². The van der Waals surface area contributed by atoms with Gasteiger partial charge in [0, 0.05) is 36.1 Å². The molecule has 6 heteroatoms. The molecule has 2 aromatic rings. The van der Waals surface area contributed by atoms with E-state index in [9.17, 15) is 9.59 Å². The first-order valence-electron chi connectivity index (χ1n) is 7.26. The highest BCUT2D eigenvalue weighted by atomic mass is 16.2. The Morgan fingerprint density at radius 1 is 1.32 bits per heavy atom. The van der Waals surface area contributed by atoms with Crippen LogP contribution in [0, 0.1) is 0 Å². The first kappa shape index (κ1) is 15.8. The van der Waals surface area contributed by atoms with Crippen molar-refractivity contribution in [3.63, 3.8) is 0 Å². The summed E-state index contributed by atoms with van der Waals surface area (Å²) in [4.78, 5) is 23.6. The molecule has 1 atom stereocenters. The van der Waals surface area contributed by atoms with Crippen LogP contribution in [0.15, 0.2) is 42.7 Å². The van der Waals surface area contributed by atoms with Crippen molar-refractivity contribution in [2.75, 3.05) is 5.32 Å². The van der Waals surface area contributed by atoms with E-state index in [1.165, 1.54) is 0 Å². The van der Waals surface area contributed by atoms with Crippen molar-refractivity contribution in [2.45, 2.75) is 32.9 Å². The van der Waals surface area contributed by atoms with Crippen LogP contribution in [-0.4, -0.2) is 27.6 Å². The summed E-state index contributed by atoms with van der Waals surface area (Å²) >= 11 is 0. The second-order valence-corrected chi connectivity index (χ2v) is 5.09. The van der Waals surface area contributed by atoms with Crippen LogP contribution in [0.25, 0.3) is 0 Å². The lowest BCUT2D eigenvalue weighted by molar-refractivity contribution is -0.115. The molecule has 0 aliphatic heterocycles. The lowest BCUT2D eigenvalue weighted by atomic mass is 10.1. The number of rotatable bonds is 6. The van der Waals surface area contributed by atoms with E-state index in [0.717, 1.165) is 0 Å². The van der Waals surface area contributed by atoms with Gasteiger partial charge in [-0.15, -0.1) is 0 Å². The highest BCUT2D eigenvalue weighted by Crippen LogP contribution is 2.11. The van der Waals surface area contributed by atoms with Crippen LogP contribution in [0.2, 0.25) is 0 Å². The zero-order valence-corrected chi connectivity index (χ0v) is 12.7. The van der Waals surface area contributed by atoms with Gasteiger partial charge in [-0.3, -0.25) is 14.3 Å². The van der Waals surface area contributed by atoms with Crippen molar-refractivity contribution in [2.24, 2.45) is 0 Å². The third-order valence-corrected chi connectivity index (χ3v) is 3.13. The van der Waals surface area contributed by atoms with Gasteiger partial charge >= 0.3 is 0 Å². The Balaban J connectivity index is 1.97. The van der Waals surface area contributed by atoms with Crippen LogP contribution in [0.5, 0.6) is 0 Å². The van der Waals surface area contributed by atoms with Crippen LogP contribution in [0.3, 0.4) is 0 Å². The van der Waals surface area contributed by atoms with Crippen molar-refractivity contribution in [3.05, 3.63) is 48.3 Å². The number of amides is 2. The number of carbonyl (C=O) groups excluding carboxylic acids is 2. The van der Waals surface area contributed by atoms with Crippen LogP contribution >= 0.6 is 0 Å². The molecule has 116 valence electrons. The molecular weight excluding hydrogens is 280 g/mol. The summed E-state index contributed by atoms with van der Waals surface area (Å²) in [5.41, 5.74) is 1.14. The van der Waals surface area contributed by atoms with Gasteiger partial charge in [0.05, 0.1) is 6.54 Å². The van der Waals surface area contributed by atoms with Gasteiger partial charge in [0.2, 0.25) is 5.91 Å². The summed E-state index contributed by atoms with van der Waals surface area (Å²) in [7, 11) is 0. The minimum Gasteiger partial charge on any atom is -0.348 e. The maximum Gasteiger partial charge on any atom is 0.251 e. The van der Waals surface area contributed by atoms with E-state index in [1.807, 2.05) is 19.2 Å². The summed E-state index contributed by atoms with van der Waals surface area (Å²) in [5, 5.41) is 9.77. The molecule has 22 heavy (non-hydrogen) atoms. The van der Waals surface area contributed by atoms with Gasteiger partial charge in [-0.2, -0.15) is 5.10 Å². The first-order valence-corrected chi connectivity index (χ1v) is 7.26. The normalized spacial score (nSPS) is 11.7. The number of hydrogen-bond donors (Lipinski definition) is 2. The SMILES string of the molecule is CCC(=O)Nc1cccc(C(=O)NC(C)Cn2cccn2)c1. The summed E-state index contributed by atoms with van der Waals surface area (Å²) in [6, 6.07) is 8.69. The molecule has 0 saturated heterocycles. The average Bonchev–Trinajstić information content (AvgIpc) is 3.00. The van der Waals surface area contributed by atoms with Crippen LogP contribution in [0.4, 0.5) is 5.69 Å². The Labute approximate surface area is 129 Å². The fourth-order valence-electron chi connectivity index (χ4n) is 2.03. The minimum atomic E-state index is -0.174. The largest absolute Gasteiger partial charge is 0.348 e. The molecule has 1 aromatic carbocycles. The van der Waals surface area contributed by atoms with Crippen LogP contribution in [0.1, 0.15) is 30.6 Å². The summed E-state index contributed by atoms with van der Waals surface area (Å²) in [6.45, 7) is 4.30. The van der Waals surface area contributed by atoms with E-state index in [0.29, 0.717) is 24.2 Å². The Morgan fingerprint density at radius 3 is 2.82 bits per heavy atom. The molecule has 2 N–H and O–H groups in total. The highest BCUT2D eigenvalue weighted by Gasteiger charge is 2.11. The Kier molecular flexibility index (Phi) is 5.30. The fourth-order valence-corrected chi connectivity index (χ4v) is 2.03. The maximum absolute atomic E-state index is 12.2. The molecule has 2 rings (SSSR count). The molecule has 0 bridgehead atoms. The van der Waals surface area contributed by atoms with Gasteiger partial charge in [-0.1, -0.05) is 13.0 Å². The molecule has 6 nitrogen and oxygen atoms in total. The molecule has 0 aliphatic rings. The van der Waals surface area contributed by atoms with E-state index in [1.54, 1.807) is 42.1 Å². The lowest BCUT2D eigenvalue weighted by Gasteiger charge is -2.14. The van der Waals surface area contributed by atoms with Gasteiger partial charge in [-0.05, 0) is 31.2 Å². The van der Waals surface area contributed by atoms with Crippen molar-refractivity contribution in [1.82, 2.24) is 15.1 Å². The van der Waals surface area contributed by atoms with Crippen molar-refractivity contribution in [1.29, 1.82) is 0 Å². The number of nitrogens with zero attached hydrogens (tertiary/aromatic N) is 2. The molecule has 1 heterocycles. The molecule has 0 spiro atoms. The number of aromatic nitrogens is 2. The molecular formula is C16H20N4O2. The van der Waals surface area contributed by atoms with Gasteiger partial charge < -0.3 is 10.6 Å². The molecule has 0 fully saturated rings. The maximum atomic E-state index is 12.2.